The van der Waals surface area contributed by atoms with Crippen molar-refractivity contribution >= 4 is 21.6 Å². The van der Waals surface area contributed by atoms with Crippen molar-refractivity contribution in [3.8, 4) is 0 Å². The van der Waals surface area contributed by atoms with Crippen molar-refractivity contribution < 1.29 is 0 Å². The highest BCUT2D eigenvalue weighted by Gasteiger charge is 2.22. The van der Waals surface area contributed by atoms with Gasteiger partial charge in [0.25, 0.3) is 0 Å². The SMILES string of the molecule is CC(C)(C)c1nc2c(C3CCCCN3)cccc2s1. The van der Waals surface area contributed by atoms with E-state index in [2.05, 4.69) is 44.3 Å². The summed E-state index contributed by atoms with van der Waals surface area (Å²) in [5.41, 5.74) is 2.75. The molecule has 1 aliphatic rings. The molecule has 0 radical (unpaired) electrons. The summed E-state index contributed by atoms with van der Waals surface area (Å²) in [5, 5.41) is 4.88. The zero-order valence-electron chi connectivity index (χ0n) is 12.0. The number of fused-ring (bicyclic) bond motifs is 1. The molecule has 3 rings (SSSR count). The van der Waals surface area contributed by atoms with E-state index in [9.17, 15) is 0 Å². The van der Waals surface area contributed by atoms with Gasteiger partial charge in [0.05, 0.1) is 15.2 Å². The summed E-state index contributed by atoms with van der Waals surface area (Å²) in [7, 11) is 0. The van der Waals surface area contributed by atoms with E-state index in [-0.39, 0.29) is 5.41 Å². The van der Waals surface area contributed by atoms with Crippen LogP contribution >= 0.6 is 11.3 Å². The molecule has 1 aromatic heterocycles. The molecular formula is C16H22N2S. The van der Waals surface area contributed by atoms with Gasteiger partial charge >= 0.3 is 0 Å². The molecule has 0 amide bonds. The first-order chi connectivity index (χ1) is 9.05. The molecule has 2 nitrogen and oxygen atoms in total. The molecule has 19 heavy (non-hydrogen) atoms. The summed E-state index contributed by atoms with van der Waals surface area (Å²) in [6.07, 6.45) is 3.86. The van der Waals surface area contributed by atoms with Crippen LogP contribution in [0.2, 0.25) is 0 Å². The highest BCUT2D eigenvalue weighted by molar-refractivity contribution is 7.18. The summed E-state index contributed by atoms with van der Waals surface area (Å²) in [6.45, 7) is 7.85. The predicted molar refractivity (Wildman–Crippen MR) is 82.9 cm³/mol. The number of benzene rings is 1. The molecule has 1 saturated heterocycles. The Kier molecular flexibility index (Phi) is 3.35. The van der Waals surface area contributed by atoms with Crippen molar-refractivity contribution in [1.82, 2.24) is 10.3 Å². The van der Waals surface area contributed by atoms with Gasteiger partial charge in [-0.2, -0.15) is 0 Å². The van der Waals surface area contributed by atoms with Crippen LogP contribution < -0.4 is 5.32 Å². The average molecular weight is 274 g/mol. The molecule has 1 unspecified atom stereocenters. The van der Waals surface area contributed by atoms with Crippen LogP contribution in [0.3, 0.4) is 0 Å². The normalized spacial score (nSPS) is 20.9. The van der Waals surface area contributed by atoms with Gasteiger partial charge < -0.3 is 5.32 Å². The van der Waals surface area contributed by atoms with Crippen LogP contribution in [0.4, 0.5) is 0 Å². The molecule has 3 heteroatoms. The van der Waals surface area contributed by atoms with Gasteiger partial charge in [-0.15, -0.1) is 11.3 Å². The monoisotopic (exact) mass is 274 g/mol. The third kappa shape index (κ3) is 2.54. The Morgan fingerprint density at radius 3 is 2.79 bits per heavy atom. The van der Waals surface area contributed by atoms with Crippen molar-refractivity contribution in [2.45, 2.75) is 51.5 Å². The summed E-state index contributed by atoms with van der Waals surface area (Å²) in [6, 6.07) is 7.12. The van der Waals surface area contributed by atoms with Gasteiger partial charge in [0.1, 0.15) is 0 Å². The Hall–Kier alpha value is -0.930. The van der Waals surface area contributed by atoms with Crippen molar-refractivity contribution in [2.24, 2.45) is 0 Å². The average Bonchev–Trinajstić information content (AvgIpc) is 2.83. The minimum Gasteiger partial charge on any atom is -0.310 e. The number of nitrogens with one attached hydrogen (secondary N) is 1. The highest BCUT2D eigenvalue weighted by Crippen LogP contribution is 2.35. The van der Waals surface area contributed by atoms with E-state index in [0.717, 1.165) is 6.54 Å². The zero-order chi connectivity index (χ0) is 13.5. The van der Waals surface area contributed by atoms with Gasteiger partial charge in [-0.05, 0) is 31.0 Å². The van der Waals surface area contributed by atoms with E-state index in [0.29, 0.717) is 6.04 Å². The first-order valence-electron chi connectivity index (χ1n) is 7.19. The lowest BCUT2D eigenvalue weighted by atomic mass is 9.96. The second-order valence-electron chi connectivity index (χ2n) is 6.47. The molecule has 102 valence electrons. The first-order valence-corrected chi connectivity index (χ1v) is 8.01. The van der Waals surface area contributed by atoms with Crippen LogP contribution in [0, 0.1) is 0 Å². The molecule has 1 aliphatic heterocycles. The van der Waals surface area contributed by atoms with Crippen molar-refractivity contribution in [1.29, 1.82) is 0 Å². The van der Waals surface area contributed by atoms with Crippen LogP contribution in [0.5, 0.6) is 0 Å². The molecule has 2 heterocycles. The maximum Gasteiger partial charge on any atom is 0.0992 e. The van der Waals surface area contributed by atoms with Crippen molar-refractivity contribution in [3.05, 3.63) is 28.8 Å². The van der Waals surface area contributed by atoms with E-state index in [1.807, 2.05) is 11.3 Å². The molecule has 2 aromatic rings. The second kappa shape index (κ2) is 4.88. The fraction of sp³-hybridized carbons (Fsp3) is 0.562. The Labute approximate surface area is 119 Å². The summed E-state index contributed by atoms with van der Waals surface area (Å²) >= 11 is 1.84. The largest absolute Gasteiger partial charge is 0.310 e. The topological polar surface area (TPSA) is 24.9 Å². The molecule has 1 aromatic carbocycles. The fourth-order valence-corrected chi connectivity index (χ4v) is 3.75. The standard InChI is InChI=1S/C16H22N2S/c1-16(2,3)15-18-14-11(7-6-9-13(14)19-15)12-8-4-5-10-17-12/h6-7,9,12,17H,4-5,8,10H2,1-3H3. The van der Waals surface area contributed by atoms with Crippen LogP contribution in [0.1, 0.15) is 56.6 Å². The summed E-state index contributed by atoms with van der Waals surface area (Å²) in [5.74, 6) is 0. The smallest absolute Gasteiger partial charge is 0.0992 e. The summed E-state index contributed by atoms with van der Waals surface area (Å²) < 4.78 is 1.33. The maximum absolute atomic E-state index is 4.94. The molecule has 1 fully saturated rings. The maximum atomic E-state index is 4.94. The minimum absolute atomic E-state index is 0.140. The lowest BCUT2D eigenvalue weighted by molar-refractivity contribution is 0.414. The number of hydrogen-bond acceptors (Lipinski definition) is 3. The Bertz CT molecular complexity index is 574. The number of para-hydroxylation sites is 1. The molecule has 0 bridgehead atoms. The summed E-state index contributed by atoms with van der Waals surface area (Å²) in [4.78, 5) is 4.94. The fourth-order valence-electron chi connectivity index (χ4n) is 2.69. The number of piperidine rings is 1. The van der Waals surface area contributed by atoms with Crippen molar-refractivity contribution in [3.63, 3.8) is 0 Å². The number of nitrogens with zero attached hydrogens (tertiary/aromatic N) is 1. The van der Waals surface area contributed by atoms with Gasteiger partial charge in [0.2, 0.25) is 0 Å². The van der Waals surface area contributed by atoms with Crippen molar-refractivity contribution in [2.75, 3.05) is 6.54 Å². The lowest BCUT2D eigenvalue weighted by Crippen LogP contribution is -2.26. The third-order valence-corrected chi connectivity index (χ3v) is 5.22. The molecule has 0 spiro atoms. The minimum atomic E-state index is 0.140. The van der Waals surface area contributed by atoms with Gasteiger partial charge in [0, 0.05) is 11.5 Å². The number of aromatic nitrogens is 1. The van der Waals surface area contributed by atoms with E-state index in [1.54, 1.807) is 0 Å². The molecular weight excluding hydrogens is 252 g/mol. The first kappa shape index (κ1) is 13.1. The van der Waals surface area contributed by atoms with Gasteiger partial charge in [0.15, 0.2) is 0 Å². The highest BCUT2D eigenvalue weighted by atomic mass is 32.1. The number of thiazole rings is 1. The molecule has 0 saturated carbocycles. The molecule has 1 N–H and O–H groups in total. The molecule has 0 aliphatic carbocycles. The second-order valence-corrected chi connectivity index (χ2v) is 7.50. The van der Waals surface area contributed by atoms with Gasteiger partial charge in [-0.25, -0.2) is 4.98 Å². The number of rotatable bonds is 1. The van der Waals surface area contributed by atoms with E-state index < -0.39 is 0 Å². The van der Waals surface area contributed by atoms with Crippen LogP contribution in [0.25, 0.3) is 10.2 Å². The van der Waals surface area contributed by atoms with Crippen LogP contribution in [-0.4, -0.2) is 11.5 Å². The van der Waals surface area contributed by atoms with E-state index >= 15 is 0 Å². The third-order valence-electron chi connectivity index (χ3n) is 3.78. The Balaban J connectivity index is 2.07. The Morgan fingerprint density at radius 1 is 1.26 bits per heavy atom. The Morgan fingerprint density at radius 2 is 2.11 bits per heavy atom. The van der Waals surface area contributed by atoms with Crippen LogP contribution in [-0.2, 0) is 5.41 Å². The van der Waals surface area contributed by atoms with Gasteiger partial charge in [-0.1, -0.05) is 39.3 Å². The van der Waals surface area contributed by atoms with Gasteiger partial charge in [-0.3, -0.25) is 0 Å². The quantitative estimate of drug-likeness (QED) is 0.833. The predicted octanol–water partition coefficient (Wildman–Crippen LogP) is 4.41. The van der Waals surface area contributed by atoms with Crippen LogP contribution in [0.15, 0.2) is 18.2 Å². The lowest BCUT2D eigenvalue weighted by Gasteiger charge is -2.24. The number of hydrogen-bond donors (Lipinski definition) is 1. The molecule has 1 atom stereocenters. The zero-order valence-corrected chi connectivity index (χ0v) is 12.8. The van der Waals surface area contributed by atoms with E-state index in [4.69, 9.17) is 4.98 Å². The van der Waals surface area contributed by atoms with E-state index in [1.165, 1.54) is 40.1 Å².